The fourth-order valence-corrected chi connectivity index (χ4v) is 2.01. The molecule has 1 unspecified atom stereocenters. The minimum absolute atomic E-state index is 0.159. The summed E-state index contributed by atoms with van der Waals surface area (Å²) in [5.41, 5.74) is 0.526. The van der Waals surface area contributed by atoms with Crippen LogP contribution in [0.2, 0.25) is 0 Å². The summed E-state index contributed by atoms with van der Waals surface area (Å²) in [4.78, 5) is 16.9. The Hall–Kier alpha value is -1.66. The van der Waals surface area contributed by atoms with E-state index in [1.807, 2.05) is 34.6 Å². The van der Waals surface area contributed by atoms with Crippen LogP contribution in [0.5, 0.6) is 5.88 Å². The van der Waals surface area contributed by atoms with Gasteiger partial charge >= 0.3 is 0 Å². The third-order valence-electron chi connectivity index (χ3n) is 3.77. The van der Waals surface area contributed by atoms with Crippen LogP contribution in [0.1, 0.15) is 46.2 Å². The number of nitrogens with zero attached hydrogens (tertiary/aromatic N) is 1. The zero-order valence-electron chi connectivity index (χ0n) is 15.5. The predicted octanol–water partition coefficient (Wildman–Crippen LogP) is 3.34. The van der Waals surface area contributed by atoms with E-state index in [1.165, 1.54) is 0 Å². The molecular formula is C18H30N2O4. The molecule has 0 aliphatic rings. The molecule has 1 N–H and O–H groups in total. The van der Waals surface area contributed by atoms with Crippen molar-refractivity contribution < 1.29 is 19.0 Å². The van der Waals surface area contributed by atoms with Crippen LogP contribution in [-0.4, -0.2) is 42.9 Å². The number of hydrogen-bond acceptors (Lipinski definition) is 5. The number of pyridine rings is 1. The van der Waals surface area contributed by atoms with E-state index in [1.54, 1.807) is 12.1 Å². The van der Waals surface area contributed by atoms with Gasteiger partial charge in [0.05, 0.1) is 18.0 Å². The predicted molar refractivity (Wildman–Crippen MR) is 94.5 cm³/mol. The standard InChI is InChI=1S/C18H30N2O4/c1-6-11-24-18(5,7-2)17(21)20-15-9-10-16(19-14(15)4)23-13-12-22-8-3/h9-10H,6-8,11-13H2,1-5H3,(H,20,21). The molecule has 1 rings (SSSR count). The quantitative estimate of drug-likeness (QED) is 0.627. The van der Waals surface area contributed by atoms with Gasteiger partial charge in [-0.25, -0.2) is 4.98 Å². The van der Waals surface area contributed by atoms with Crippen LogP contribution in [0.15, 0.2) is 12.1 Å². The van der Waals surface area contributed by atoms with Gasteiger partial charge in [-0.15, -0.1) is 0 Å². The highest BCUT2D eigenvalue weighted by atomic mass is 16.5. The Morgan fingerprint density at radius 2 is 1.96 bits per heavy atom. The molecule has 1 aromatic rings. The van der Waals surface area contributed by atoms with Gasteiger partial charge in [-0.3, -0.25) is 4.79 Å². The van der Waals surface area contributed by atoms with Gasteiger partial charge in [0.2, 0.25) is 5.88 Å². The second-order valence-electron chi connectivity index (χ2n) is 5.71. The minimum Gasteiger partial charge on any atom is -0.475 e. The zero-order chi connectivity index (χ0) is 18.0. The molecule has 0 aromatic carbocycles. The van der Waals surface area contributed by atoms with Gasteiger partial charge in [0.15, 0.2) is 0 Å². The van der Waals surface area contributed by atoms with Crippen LogP contribution in [-0.2, 0) is 14.3 Å². The molecule has 1 atom stereocenters. The van der Waals surface area contributed by atoms with Crippen molar-refractivity contribution in [3.63, 3.8) is 0 Å². The lowest BCUT2D eigenvalue weighted by atomic mass is 10.0. The second kappa shape index (κ2) is 10.3. The van der Waals surface area contributed by atoms with Crippen molar-refractivity contribution in [1.82, 2.24) is 4.98 Å². The SMILES string of the molecule is CCCOC(C)(CC)C(=O)Nc1ccc(OCCOCC)nc1C. The lowest BCUT2D eigenvalue weighted by Gasteiger charge is -2.27. The molecular weight excluding hydrogens is 308 g/mol. The van der Waals surface area contributed by atoms with Gasteiger partial charge < -0.3 is 19.5 Å². The maximum atomic E-state index is 12.5. The summed E-state index contributed by atoms with van der Waals surface area (Å²) in [7, 11) is 0. The molecule has 0 saturated heterocycles. The molecule has 0 aliphatic carbocycles. The summed E-state index contributed by atoms with van der Waals surface area (Å²) in [6.45, 7) is 11.7. The highest BCUT2D eigenvalue weighted by Gasteiger charge is 2.32. The monoisotopic (exact) mass is 338 g/mol. The van der Waals surface area contributed by atoms with Crippen molar-refractivity contribution in [2.45, 2.75) is 53.1 Å². The lowest BCUT2D eigenvalue weighted by Crippen LogP contribution is -2.42. The number of nitrogens with one attached hydrogen (secondary N) is 1. The zero-order valence-corrected chi connectivity index (χ0v) is 15.5. The molecule has 0 radical (unpaired) electrons. The summed E-state index contributed by atoms with van der Waals surface area (Å²) < 4.78 is 16.5. The normalized spacial score (nSPS) is 13.4. The first-order valence-electron chi connectivity index (χ1n) is 8.60. The molecule has 1 aromatic heterocycles. The highest BCUT2D eigenvalue weighted by Crippen LogP contribution is 2.22. The summed E-state index contributed by atoms with van der Waals surface area (Å²) in [5.74, 6) is 0.360. The number of hydrogen-bond donors (Lipinski definition) is 1. The first-order valence-corrected chi connectivity index (χ1v) is 8.60. The average Bonchev–Trinajstić information content (AvgIpc) is 2.58. The van der Waals surface area contributed by atoms with E-state index in [9.17, 15) is 4.79 Å². The molecule has 1 amide bonds. The fourth-order valence-electron chi connectivity index (χ4n) is 2.01. The summed E-state index contributed by atoms with van der Waals surface area (Å²) >= 11 is 0. The molecule has 6 heteroatoms. The van der Waals surface area contributed by atoms with Crippen LogP contribution in [0.4, 0.5) is 5.69 Å². The topological polar surface area (TPSA) is 69.7 Å². The Balaban J connectivity index is 2.68. The maximum Gasteiger partial charge on any atom is 0.256 e. The first kappa shape index (κ1) is 20.4. The number of carbonyl (C=O) groups is 1. The maximum absolute atomic E-state index is 12.5. The summed E-state index contributed by atoms with van der Waals surface area (Å²) in [6, 6.07) is 3.54. The van der Waals surface area contributed by atoms with Crippen molar-refractivity contribution in [1.29, 1.82) is 0 Å². The van der Waals surface area contributed by atoms with Gasteiger partial charge in [-0.1, -0.05) is 13.8 Å². The van der Waals surface area contributed by atoms with E-state index < -0.39 is 5.60 Å². The Bertz CT molecular complexity index is 522. The van der Waals surface area contributed by atoms with Crippen molar-refractivity contribution >= 4 is 11.6 Å². The number of anilines is 1. The molecule has 24 heavy (non-hydrogen) atoms. The number of rotatable bonds is 11. The van der Waals surface area contributed by atoms with Crippen molar-refractivity contribution in [3.8, 4) is 5.88 Å². The van der Waals surface area contributed by atoms with E-state index in [0.29, 0.717) is 50.1 Å². The van der Waals surface area contributed by atoms with Crippen LogP contribution in [0, 0.1) is 6.92 Å². The Morgan fingerprint density at radius 3 is 2.54 bits per heavy atom. The Labute approximate surface area is 144 Å². The lowest BCUT2D eigenvalue weighted by molar-refractivity contribution is -0.139. The minimum atomic E-state index is -0.838. The molecule has 0 aliphatic heterocycles. The second-order valence-corrected chi connectivity index (χ2v) is 5.71. The first-order chi connectivity index (χ1) is 11.5. The van der Waals surface area contributed by atoms with Crippen LogP contribution >= 0.6 is 0 Å². The van der Waals surface area contributed by atoms with Gasteiger partial charge in [0.25, 0.3) is 5.91 Å². The number of carbonyl (C=O) groups excluding carboxylic acids is 1. The highest BCUT2D eigenvalue weighted by molar-refractivity contribution is 5.97. The third-order valence-corrected chi connectivity index (χ3v) is 3.77. The van der Waals surface area contributed by atoms with Crippen molar-refractivity contribution in [2.24, 2.45) is 0 Å². The Kier molecular flexibility index (Phi) is 8.71. The largest absolute Gasteiger partial charge is 0.475 e. The molecule has 0 spiro atoms. The number of amides is 1. The molecule has 0 fully saturated rings. The van der Waals surface area contributed by atoms with Gasteiger partial charge in [-0.2, -0.15) is 0 Å². The average molecular weight is 338 g/mol. The van der Waals surface area contributed by atoms with Crippen LogP contribution in [0.3, 0.4) is 0 Å². The smallest absolute Gasteiger partial charge is 0.256 e. The van der Waals surface area contributed by atoms with E-state index in [2.05, 4.69) is 10.3 Å². The molecule has 1 heterocycles. The van der Waals surface area contributed by atoms with Gasteiger partial charge in [0.1, 0.15) is 12.2 Å². The van der Waals surface area contributed by atoms with E-state index in [0.717, 1.165) is 6.42 Å². The Morgan fingerprint density at radius 1 is 1.21 bits per heavy atom. The molecule has 6 nitrogen and oxygen atoms in total. The molecule has 0 bridgehead atoms. The fraction of sp³-hybridized carbons (Fsp3) is 0.667. The molecule has 0 saturated carbocycles. The number of aryl methyl sites for hydroxylation is 1. The summed E-state index contributed by atoms with van der Waals surface area (Å²) in [5, 5.41) is 2.91. The number of aromatic nitrogens is 1. The molecule has 136 valence electrons. The number of ether oxygens (including phenoxy) is 3. The summed E-state index contributed by atoms with van der Waals surface area (Å²) in [6.07, 6.45) is 1.47. The van der Waals surface area contributed by atoms with Crippen LogP contribution < -0.4 is 10.1 Å². The van der Waals surface area contributed by atoms with Crippen molar-refractivity contribution in [2.75, 3.05) is 31.7 Å². The van der Waals surface area contributed by atoms with E-state index in [4.69, 9.17) is 14.2 Å². The van der Waals surface area contributed by atoms with E-state index in [-0.39, 0.29) is 5.91 Å². The van der Waals surface area contributed by atoms with Gasteiger partial charge in [0, 0.05) is 19.3 Å². The van der Waals surface area contributed by atoms with Gasteiger partial charge in [-0.05, 0) is 39.7 Å². The van der Waals surface area contributed by atoms with Crippen molar-refractivity contribution in [3.05, 3.63) is 17.8 Å². The van der Waals surface area contributed by atoms with Crippen LogP contribution in [0.25, 0.3) is 0 Å². The third kappa shape index (κ3) is 6.09. The van der Waals surface area contributed by atoms with E-state index >= 15 is 0 Å².